The number of carbonyl (C=O) groups is 2. The van der Waals surface area contributed by atoms with Gasteiger partial charge in [0.1, 0.15) is 24.2 Å². The molecular formula is C22H36N9O14P3. The number of ether oxygens (including phenoxy) is 1. The van der Waals surface area contributed by atoms with Gasteiger partial charge in [0.05, 0.1) is 24.6 Å². The Hall–Kier alpha value is -3.14. The normalized spacial score (nSPS) is 21.2. The minimum atomic E-state index is -5.72. The first-order chi connectivity index (χ1) is 22.5. The van der Waals surface area contributed by atoms with Gasteiger partial charge in [-0.1, -0.05) is 0 Å². The van der Waals surface area contributed by atoms with E-state index in [1.165, 1.54) is 6.33 Å². The molecule has 3 rings (SSSR count). The Bertz CT molecular complexity index is 1630. The van der Waals surface area contributed by atoms with Gasteiger partial charge in [-0.2, -0.15) is 8.62 Å². The number of amides is 2. The molecule has 3 heterocycles. The van der Waals surface area contributed by atoms with Gasteiger partial charge in [-0.25, -0.2) is 28.6 Å². The third kappa shape index (κ3) is 13.1. The molecule has 0 spiro atoms. The van der Waals surface area contributed by atoms with Gasteiger partial charge in [0, 0.05) is 38.3 Å². The molecule has 12 N–H and O–H groups in total. The summed E-state index contributed by atoms with van der Waals surface area (Å²) in [7, 11) is -16.7. The molecule has 0 aliphatic carbocycles. The highest BCUT2D eigenvalue weighted by molar-refractivity contribution is 7.66. The van der Waals surface area contributed by atoms with Crippen molar-refractivity contribution >= 4 is 52.3 Å². The van der Waals surface area contributed by atoms with Crippen LogP contribution in [0.2, 0.25) is 0 Å². The lowest BCUT2D eigenvalue weighted by atomic mass is 10.2. The number of carbonyl (C=O) groups excluding carboxylic acids is 2. The number of aryl methyl sites for hydroxylation is 1. The van der Waals surface area contributed by atoms with E-state index in [0.717, 1.165) is 31.2 Å². The summed E-state index contributed by atoms with van der Waals surface area (Å²) in [4.78, 5) is 72.9. The Balaban J connectivity index is 1.45. The van der Waals surface area contributed by atoms with Crippen LogP contribution < -0.4 is 27.4 Å². The number of nitrogens with one attached hydrogen (secondary N) is 3. The van der Waals surface area contributed by atoms with E-state index >= 15 is 0 Å². The number of rotatable bonds is 20. The van der Waals surface area contributed by atoms with Gasteiger partial charge in [-0.15, -0.1) is 0 Å². The van der Waals surface area contributed by atoms with Gasteiger partial charge in [0.15, 0.2) is 11.5 Å². The van der Waals surface area contributed by atoms with Gasteiger partial charge in [-0.3, -0.25) is 14.1 Å². The number of primary amides is 1. The Kier molecular flexibility index (Phi) is 14.3. The largest absolute Gasteiger partial charge is 0.490 e. The number of hydrogen-bond donors (Lipinski definition) is 10. The highest BCUT2D eigenvalue weighted by atomic mass is 31.3. The number of anilines is 1. The first-order valence-electron chi connectivity index (χ1n) is 13.9. The second-order valence-electron chi connectivity index (χ2n) is 9.86. The Labute approximate surface area is 272 Å². The van der Waals surface area contributed by atoms with Crippen LogP contribution in [-0.4, -0.2) is 101 Å². The fraction of sp³-hybridized carbons (Fsp3) is 0.500. The summed E-state index contributed by atoms with van der Waals surface area (Å²) in [5, 5.41) is 18.5. The molecule has 2 aromatic heterocycles. The van der Waals surface area contributed by atoms with Gasteiger partial charge in [0.2, 0.25) is 11.8 Å². The van der Waals surface area contributed by atoms with Crippen molar-refractivity contribution in [2.75, 3.05) is 31.6 Å². The predicted octanol–water partition coefficient (Wildman–Crippen LogP) is -1.57. The van der Waals surface area contributed by atoms with Crippen molar-refractivity contribution in [1.29, 1.82) is 0 Å². The third-order valence-electron chi connectivity index (χ3n) is 6.14. The standard InChI is InChI=1S/C22H36N9O14P3/c23-5-1-2-8-31-13-30-19-21(28-12-29-22(19)31)26-7-6-25-17(33)4-3-14(20(24)34)10-27-18-9-15(32)16(43-18)11-42-47(38,39)45-48(40,41)44-46(35,36)37/h3-4,10,12-13,15-16,18,27,32H,1-2,5-9,11,23H2,(H2,24,34)(H,25,33)(H,38,39)(H,40,41)(H,26,28,29)(H2,35,36,37)/b4-3+,14-10-. The number of hydrogen-bond acceptors (Lipinski definition) is 16. The minimum Gasteiger partial charge on any atom is -0.390 e. The molecule has 1 fully saturated rings. The number of phosphoric acid groups is 3. The molecular weight excluding hydrogens is 707 g/mol. The van der Waals surface area contributed by atoms with Gasteiger partial charge >= 0.3 is 23.5 Å². The van der Waals surface area contributed by atoms with Crippen molar-refractivity contribution in [3.8, 4) is 0 Å². The number of unbranched alkanes of at least 4 members (excludes halogenated alkanes) is 1. The second-order valence-corrected chi connectivity index (χ2v) is 14.3. The fourth-order valence-corrected chi connectivity index (χ4v) is 7.06. The van der Waals surface area contributed by atoms with E-state index in [4.69, 9.17) is 26.0 Å². The van der Waals surface area contributed by atoms with Crippen molar-refractivity contribution < 1.29 is 65.8 Å². The van der Waals surface area contributed by atoms with Crippen LogP contribution in [0.15, 0.2) is 36.6 Å². The van der Waals surface area contributed by atoms with E-state index in [1.807, 2.05) is 4.57 Å². The number of aromatic nitrogens is 4. The average molecular weight is 744 g/mol. The van der Waals surface area contributed by atoms with Crippen molar-refractivity contribution in [3.05, 3.63) is 36.6 Å². The zero-order valence-corrected chi connectivity index (χ0v) is 27.7. The molecule has 1 aliphatic heterocycles. The Morgan fingerprint density at radius 2 is 1.81 bits per heavy atom. The van der Waals surface area contributed by atoms with E-state index < -0.39 is 60.3 Å². The molecule has 0 saturated carbocycles. The number of fused-ring (bicyclic) bond motifs is 1. The van der Waals surface area contributed by atoms with Crippen molar-refractivity contribution in [1.82, 2.24) is 30.2 Å². The van der Waals surface area contributed by atoms with Crippen LogP contribution in [0.5, 0.6) is 0 Å². The first-order valence-corrected chi connectivity index (χ1v) is 18.4. The molecule has 0 bridgehead atoms. The van der Waals surface area contributed by atoms with Crippen LogP contribution in [0, 0.1) is 0 Å². The number of phosphoric ester groups is 1. The molecule has 2 aromatic rings. The Morgan fingerprint density at radius 1 is 1.06 bits per heavy atom. The molecule has 1 aliphatic rings. The first kappa shape index (κ1) is 39.3. The number of nitrogens with zero attached hydrogens (tertiary/aromatic N) is 4. The molecule has 26 heteroatoms. The van der Waals surface area contributed by atoms with Crippen LogP contribution in [0.1, 0.15) is 19.3 Å². The van der Waals surface area contributed by atoms with Crippen LogP contribution in [0.3, 0.4) is 0 Å². The average Bonchev–Trinajstić information content (AvgIpc) is 3.55. The summed E-state index contributed by atoms with van der Waals surface area (Å²) < 4.78 is 53.0. The lowest BCUT2D eigenvalue weighted by molar-refractivity contribution is -0.116. The number of aliphatic hydroxyl groups excluding tert-OH is 1. The highest BCUT2D eigenvalue weighted by Gasteiger charge is 2.42. The molecule has 5 unspecified atom stereocenters. The monoisotopic (exact) mass is 743 g/mol. The molecule has 48 heavy (non-hydrogen) atoms. The van der Waals surface area contributed by atoms with Crippen molar-refractivity contribution in [2.24, 2.45) is 11.5 Å². The van der Waals surface area contributed by atoms with E-state index in [9.17, 15) is 38.2 Å². The van der Waals surface area contributed by atoms with Gasteiger partial charge in [0.25, 0.3) is 0 Å². The molecule has 5 atom stereocenters. The van der Waals surface area contributed by atoms with Crippen LogP contribution in [0.25, 0.3) is 11.2 Å². The summed E-state index contributed by atoms with van der Waals surface area (Å²) >= 11 is 0. The summed E-state index contributed by atoms with van der Waals surface area (Å²) in [5.41, 5.74) is 12.0. The molecule has 1 saturated heterocycles. The van der Waals surface area contributed by atoms with E-state index in [0.29, 0.717) is 30.1 Å². The van der Waals surface area contributed by atoms with Crippen molar-refractivity contribution in [2.45, 2.75) is 44.2 Å². The SMILES string of the molecule is NCCCCn1cnc2c(NCCNC(=O)/C=C/C(=C/NC3CC(O)C(COP(=O)(O)OP(=O)(O)OP(=O)(O)O)O3)C(N)=O)ncnc21. The molecule has 0 aromatic carbocycles. The lowest BCUT2D eigenvalue weighted by Gasteiger charge is -2.19. The highest BCUT2D eigenvalue weighted by Crippen LogP contribution is 2.66. The smallest absolute Gasteiger partial charge is 0.390 e. The zero-order valence-electron chi connectivity index (χ0n) is 25.0. The molecule has 2 amide bonds. The predicted molar refractivity (Wildman–Crippen MR) is 164 cm³/mol. The third-order valence-corrected chi connectivity index (χ3v) is 9.94. The molecule has 23 nitrogen and oxygen atoms in total. The maximum Gasteiger partial charge on any atom is 0.490 e. The lowest BCUT2D eigenvalue weighted by Crippen LogP contribution is -2.28. The van der Waals surface area contributed by atoms with Crippen LogP contribution in [-0.2, 0) is 47.7 Å². The fourth-order valence-electron chi connectivity index (χ4n) is 4.03. The molecule has 0 radical (unpaired) electrons. The summed E-state index contributed by atoms with van der Waals surface area (Å²) in [6, 6.07) is 0. The Morgan fingerprint density at radius 3 is 2.50 bits per heavy atom. The van der Waals surface area contributed by atoms with E-state index in [-0.39, 0.29) is 25.1 Å². The van der Waals surface area contributed by atoms with E-state index in [1.54, 1.807) is 6.33 Å². The van der Waals surface area contributed by atoms with E-state index in [2.05, 4.69) is 44.0 Å². The number of nitrogens with two attached hydrogens (primary N) is 2. The maximum atomic E-state index is 12.3. The zero-order chi connectivity index (χ0) is 35.5. The van der Waals surface area contributed by atoms with Gasteiger partial charge in [-0.05, 0) is 25.5 Å². The summed E-state index contributed by atoms with van der Waals surface area (Å²) in [6.07, 6.45) is 4.35. The molecule has 268 valence electrons. The van der Waals surface area contributed by atoms with Crippen LogP contribution >= 0.6 is 23.5 Å². The maximum absolute atomic E-state index is 12.3. The second kappa shape index (κ2) is 17.5. The van der Waals surface area contributed by atoms with Crippen LogP contribution in [0.4, 0.5) is 5.82 Å². The number of imidazole rings is 1. The topological polar surface area (TPSA) is 355 Å². The van der Waals surface area contributed by atoms with Gasteiger partial charge < -0.3 is 61.4 Å². The quantitative estimate of drug-likeness (QED) is 0.0317. The summed E-state index contributed by atoms with van der Waals surface area (Å²) in [5.74, 6) is -0.992. The van der Waals surface area contributed by atoms with Crippen molar-refractivity contribution in [3.63, 3.8) is 0 Å². The summed E-state index contributed by atoms with van der Waals surface area (Å²) in [6.45, 7) is 0.882. The number of aliphatic hydroxyl groups is 1. The minimum absolute atomic E-state index is 0.142.